The lowest BCUT2D eigenvalue weighted by Crippen LogP contribution is -2.53. The van der Waals surface area contributed by atoms with Gasteiger partial charge in [0, 0.05) is 11.2 Å². The molecule has 110 valence electrons. The summed E-state index contributed by atoms with van der Waals surface area (Å²) in [7, 11) is 0. The van der Waals surface area contributed by atoms with Gasteiger partial charge in [0.2, 0.25) is 0 Å². The molecule has 0 radical (unpaired) electrons. The summed E-state index contributed by atoms with van der Waals surface area (Å²) >= 11 is 6.60. The predicted molar refractivity (Wildman–Crippen MR) is 92.5 cm³/mol. The van der Waals surface area contributed by atoms with Gasteiger partial charge in [-0.15, -0.1) is 17.9 Å². The number of rotatable bonds is 3. The number of carbonyl (C=O) groups is 2. The molecule has 0 saturated carbocycles. The van der Waals surface area contributed by atoms with Crippen LogP contribution in [-0.2, 0) is 9.59 Å². The van der Waals surface area contributed by atoms with Crippen LogP contribution in [-0.4, -0.2) is 28.4 Å². The van der Waals surface area contributed by atoms with E-state index in [0.29, 0.717) is 0 Å². The van der Waals surface area contributed by atoms with Crippen molar-refractivity contribution in [3.63, 3.8) is 0 Å². The zero-order valence-corrected chi connectivity index (χ0v) is 13.2. The highest BCUT2D eigenvalue weighted by Gasteiger charge is 2.32. The number of fused-ring (bicyclic) bond motifs is 1. The van der Waals surface area contributed by atoms with Crippen molar-refractivity contribution in [2.24, 2.45) is 0 Å². The van der Waals surface area contributed by atoms with Crippen molar-refractivity contribution in [3.8, 4) is 0 Å². The first-order valence-corrected chi connectivity index (χ1v) is 7.86. The standard InChI is InChI=1S/C16H12N2O2S2/c1-2-7-18-15(20)12(14(19)17-16(18)21)8-10-9-22-13-6-4-3-5-11(10)13/h2-6,8-9H,1,7H2,(H,17,19,21)/b12-8+. The van der Waals surface area contributed by atoms with Crippen LogP contribution < -0.4 is 5.32 Å². The van der Waals surface area contributed by atoms with Gasteiger partial charge in [-0.25, -0.2) is 0 Å². The molecule has 0 atom stereocenters. The zero-order chi connectivity index (χ0) is 15.7. The van der Waals surface area contributed by atoms with Gasteiger partial charge in [-0.3, -0.25) is 19.8 Å². The molecule has 1 aromatic heterocycles. The van der Waals surface area contributed by atoms with Crippen LogP contribution in [0.15, 0.2) is 47.9 Å². The molecule has 0 aliphatic carbocycles. The highest BCUT2D eigenvalue weighted by molar-refractivity contribution is 7.80. The number of benzene rings is 1. The molecule has 2 amide bonds. The molecular weight excluding hydrogens is 316 g/mol. The van der Waals surface area contributed by atoms with Gasteiger partial charge < -0.3 is 0 Å². The van der Waals surface area contributed by atoms with Crippen molar-refractivity contribution in [3.05, 3.63) is 53.4 Å². The third kappa shape index (κ3) is 2.47. The molecule has 2 aromatic rings. The highest BCUT2D eigenvalue weighted by Crippen LogP contribution is 2.28. The number of nitrogens with zero attached hydrogens (tertiary/aromatic N) is 1. The van der Waals surface area contributed by atoms with Crippen molar-refractivity contribution in [1.82, 2.24) is 10.2 Å². The monoisotopic (exact) mass is 328 g/mol. The molecule has 1 aliphatic rings. The van der Waals surface area contributed by atoms with Crippen molar-refractivity contribution in [2.75, 3.05) is 6.54 Å². The van der Waals surface area contributed by atoms with E-state index >= 15 is 0 Å². The Morgan fingerprint density at radius 1 is 1.32 bits per heavy atom. The lowest BCUT2D eigenvalue weighted by Gasteiger charge is -2.27. The minimum atomic E-state index is -0.467. The summed E-state index contributed by atoms with van der Waals surface area (Å²) in [5.41, 5.74) is 0.935. The number of nitrogens with one attached hydrogen (secondary N) is 1. The predicted octanol–water partition coefficient (Wildman–Crippen LogP) is 2.71. The number of carbonyl (C=O) groups excluding carboxylic acids is 2. The normalized spacial score (nSPS) is 17.2. The van der Waals surface area contributed by atoms with Gasteiger partial charge in [0.1, 0.15) is 5.57 Å². The maximum atomic E-state index is 12.5. The molecular formula is C16H12N2O2S2. The number of amides is 2. The average Bonchev–Trinajstić information content (AvgIpc) is 2.91. The van der Waals surface area contributed by atoms with Crippen LogP contribution in [0.1, 0.15) is 5.56 Å². The van der Waals surface area contributed by atoms with E-state index in [-0.39, 0.29) is 17.2 Å². The van der Waals surface area contributed by atoms with Crippen LogP contribution in [0.3, 0.4) is 0 Å². The molecule has 1 fully saturated rings. The smallest absolute Gasteiger partial charge is 0.265 e. The molecule has 0 spiro atoms. The summed E-state index contributed by atoms with van der Waals surface area (Å²) in [5.74, 6) is -0.866. The van der Waals surface area contributed by atoms with E-state index in [4.69, 9.17) is 12.2 Å². The summed E-state index contributed by atoms with van der Waals surface area (Å²) in [6.07, 6.45) is 3.19. The lowest BCUT2D eigenvalue weighted by atomic mass is 10.1. The first-order valence-electron chi connectivity index (χ1n) is 6.58. The van der Waals surface area contributed by atoms with Crippen molar-refractivity contribution >= 4 is 56.6 Å². The Bertz CT molecular complexity index is 836. The van der Waals surface area contributed by atoms with Crippen molar-refractivity contribution in [2.45, 2.75) is 0 Å². The summed E-state index contributed by atoms with van der Waals surface area (Å²) in [6.45, 7) is 3.86. The Hall–Kier alpha value is -2.31. The van der Waals surface area contributed by atoms with E-state index in [0.717, 1.165) is 15.6 Å². The number of thiophene rings is 1. The maximum absolute atomic E-state index is 12.5. The SMILES string of the molecule is C=CCN1C(=O)/C(=C/c2csc3ccccc23)C(=O)NC1=S. The fourth-order valence-corrected chi connectivity index (χ4v) is 3.42. The molecule has 1 N–H and O–H groups in total. The minimum Gasteiger partial charge on any atom is -0.298 e. The first kappa shape index (κ1) is 14.6. The molecule has 1 saturated heterocycles. The highest BCUT2D eigenvalue weighted by atomic mass is 32.1. The summed E-state index contributed by atoms with van der Waals surface area (Å²) in [5, 5.41) is 5.60. The second kappa shape index (κ2) is 5.82. The molecule has 1 aliphatic heterocycles. The van der Waals surface area contributed by atoms with Gasteiger partial charge in [-0.2, -0.15) is 0 Å². The number of hydrogen-bond donors (Lipinski definition) is 1. The largest absolute Gasteiger partial charge is 0.298 e. The van der Waals surface area contributed by atoms with Gasteiger partial charge in [0.05, 0.1) is 0 Å². The molecule has 6 heteroatoms. The van der Waals surface area contributed by atoms with E-state index in [1.54, 1.807) is 23.5 Å². The molecule has 4 nitrogen and oxygen atoms in total. The van der Waals surface area contributed by atoms with Gasteiger partial charge in [-0.05, 0) is 40.7 Å². The average molecular weight is 328 g/mol. The van der Waals surface area contributed by atoms with E-state index in [1.807, 2.05) is 29.6 Å². The second-order valence-electron chi connectivity index (χ2n) is 4.71. The van der Waals surface area contributed by atoms with E-state index in [2.05, 4.69) is 11.9 Å². The number of hydrogen-bond acceptors (Lipinski definition) is 4. The Labute approximate surface area is 136 Å². The van der Waals surface area contributed by atoms with Gasteiger partial charge in [0.25, 0.3) is 11.8 Å². The Morgan fingerprint density at radius 2 is 2.09 bits per heavy atom. The molecule has 22 heavy (non-hydrogen) atoms. The van der Waals surface area contributed by atoms with Crippen LogP contribution in [0, 0.1) is 0 Å². The summed E-state index contributed by atoms with van der Waals surface area (Å²) in [6, 6.07) is 7.86. The first-order chi connectivity index (χ1) is 10.6. The van der Waals surface area contributed by atoms with Gasteiger partial charge >= 0.3 is 0 Å². The maximum Gasteiger partial charge on any atom is 0.265 e. The van der Waals surface area contributed by atoms with Crippen molar-refractivity contribution < 1.29 is 9.59 Å². The Morgan fingerprint density at radius 3 is 2.86 bits per heavy atom. The topological polar surface area (TPSA) is 49.4 Å². The van der Waals surface area contributed by atoms with Gasteiger partial charge in [0.15, 0.2) is 5.11 Å². The lowest BCUT2D eigenvalue weighted by molar-refractivity contribution is -0.128. The zero-order valence-electron chi connectivity index (χ0n) is 11.5. The fourth-order valence-electron chi connectivity index (χ4n) is 2.25. The molecule has 0 unspecified atom stereocenters. The molecule has 0 bridgehead atoms. The van der Waals surface area contributed by atoms with E-state index < -0.39 is 11.8 Å². The second-order valence-corrected chi connectivity index (χ2v) is 6.01. The van der Waals surface area contributed by atoms with Crippen LogP contribution in [0.2, 0.25) is 0 Å². The fraction of sp³-hybridized carbons (Fsp3) is 0.0625. The van der Waals surface area contributed by atoms with Crippen LogP contribution in [0.4, 0.5) is 0 Å². The molecule has 2 heterocycles. The van der Waals surface area contributed by atoms with Crippen molar-refractivity contribution in [1.29, 1.82) is 0 Å². The van der Waals surface area contributed by atoms with E-state index in [1.165, 1.54) is 4.90 Å². The quantitative estimate of drug-likeness (QED) is 0.408. The van der Waals surface area contributed by atoms with E-state index in [9.17, 15) is 9.59 Å². The van der Waals surface area contributed by atoms with Crippen LogP contribution in [0.25, 0.3) is 16.2 Å². The molecule has 1 aromatic carbocycles. The van der Waals surface area contributed by atoms with Crippen LogP contribution >= 0.6 is 23.6 Å². The summed E-state index contributed by atoms with van der Waals surface area (Å²) in [4.78, 5) is 25.9. The third-order valence-electron chi connectivity index (χ3n) is 3.31. The van der Waals surface area contributed by atoms with Gasteiger partial charge in [-0.1, -0.05) is 24.3 Å². The Balaban J connectivity index is 2.05. The summed E-state index contributed by atoms with van der Waals surface area (Å²) < 4.78 is 1.11. The molecule has 3 rings (SSSR count). The Kier molecular flexibility index (Phi) is 3.87. The number of thiocarbonyl (C=S) groups is 1. The third-order valence-corrected chi connectivity index (χ3v) is 4.61. The van der Waals surface area contributed by atoms with Crippen LogP contribution in [0.5, 0.6) is 0 Å². The minimum absolute atomic E-state index is 0.0824.